The Kier molecular flexibility index (Phi) is 4.71. The van der Waals surface area contributed by atoms with E-state index in [0.29, 0.717) is 6.04 Å². The molecule has 0 aliphatic heterocycles. The first kappa shape index (κ1) is 12.7. The van der Waals surface area contributed by atoms with Gasteiger partial charge in [-0.1, -0.05) is 13.0 Å². The fraction of sp³-hybridized carbons (Fsp3) is 0.462. The van der Waals surface area contributed by atoms with Crippen LogP contribution in [0.2, 0.25) is 0 Å². The smallest absolute Gasteiger partial charge is 0.0798 e. The minimum atomic E-state index is 0.453. The number of aryl methyl sites for hydroxylation is 2. The van der Waals surface area contributed by atoms with Gasteiger partial charge in [-0.05, 0) is 37.8 Å². The molecule has 1 unspecified atom stereocenters. The summed E-state index contributed by atoms with van der Waals surface area (Å²) in [5, 5.41) is 5.71. The lowest BCUT2D eigenvalue weighted by Crippen LogP contribution is -2.21. The lowest BCUT2D eigenvalue weighted by molar-refractivity contribution is 0.522. The molecule has 2 nitrogen and oxygen atoms in total. The zero-order valence-corrected chi connectivity index (χ0v) is 11.9. The largest absolute Gasteiger partial charge is 0.309 e. The van der Waals surface area contributed by atoms with E-state index < -0.39 is 0 Å². The summed E-state index contributed by atoms with van der Waals surface area (Å²) in [4.78, 5) is 7.21. The van der Waals surface area contributed by atoms with Crippen molar-refractivity contribution >= 4 is 22.7 Å². The van der Waals surface area contributed by atoms with Crippen molar-refractivity contribution in [3.8, 4) is 0 Å². The van der Waals surface area contributed by atoms with Crippen molar-refractivity contribution in [1.29, 1.82) is 0 Å². The Morgan fingerprint density at radius 3 is 2.88 bits per heavy atom. The Balaban J connectivity index is 2.00. The Labute approximate surface area is 111 Å². The van der Waals surface area contributed by atoms with Crippen molar-refractivity contribution in [3.05, 3.63) is 38.5 Å². The van der Waals surface area contributed by atoms with Gasteiger partial charge in [0, 0.05) is 15.8 Å². The first-order valence-electron chi connectivity index (χ1n) is 5.97. The molecule has 0 aromatic carbocycles. The monoisotopic (exact) mass is 266 g/mol. The van der Waals surface area contributed by atoms with Crippen LogP contribution in [0, 0.1) is 6.92 Å². The van der Waals surface area contributed by atoms with Gasteiger partial charge in [0.2, 0.25) is 0 Å². The summed E-state index contributed by atoms with van der Waals surface area (Å²) in [5.74, 6) is 0. The second kappa shape index (κ2) is 6.28. The second-order valence-electron chi connectivity index (χ2n) is 4.03. The third-order valence-corrected chi connectivity index (χ3v) is 4.79. The molecule has 1 N–H and O–H groups in total. The van der Waals surface area contributed by atoms with Gasteiger partial charge in [-0.25, -0.2) is 4.98 Å². The molecule has 17 heavy (non-hydrogen) atoms. The van der Waals surface area contributed by atoms with Gasteiger partial charge in [-0.3, -0.25) is 0 Å². The number of hydrogen-bond donors (Lipinski definition) is 1. The summed E-state index contributed by atoms with van der Waals surface area (Å²) in [5.41, 5.74) is 3.12. The van der Waals surface area contributed by atoms with Crippen LogP contribution in [0.5, 0.6) is 0 Å². The van der Waals surface area contributed by atoms with Crippen molar-refractivity contribution in [2.75, 3.05) is 6.54 Å². The zero-order chi connectivity index (χ0) is 12.1. The molecule has 92 valence electrons. The lowest BCUT2D eigenvalue weighted by Gasteiger charge is -2.16. The molecule has 4 heteroatoms. The molecular weight excluding hydrogens is 248 g/mol. The molecule has 0 aliphatic rings. The third-order valence-electron chi connectivity index (χ3n) is 2.81. The van der Waals surface area contributed by atoms with Gasteiger partial charge in [0.1, 0.15) is 0 Å². The summed E-state index contributed by atoms with van der Waals surface area (Å²) in [6.07, 6.45) is 2.30. The highest BCUT2D eigenvalue weighted by atomic mass is 32.1. The number of nitrogens with zero attached hydrogens (tertiary/aromatic N) is 1. The van der Waals surface area contributed by atoms with Gasteiger partial charge >= 0.3 is 0 Å². The number of rotatable bonds is 6. The van der Waals surface area contributed by atoms with E-state index in [1.54, 1.807) is 11.3 Å². The number of hydrogen-bond acceptors (Lipinski definition) is 4. The lowest BCUT2D eigenvalue weighted by atomic mass is 10.1. The SMILES string of the molecule is CCNC(CCc1cccs1)c1scnc1C. The van der Waals surface area contributed by atoms with Crippen molar-refractivity contribution in [2.45, 2.75) is 32.7 Å². The van der Waals surface area contributed by atoms with E-state index in [4.69, 9.17) is 0 Å². The average molecular weight is 266 g/mol. The first-order chi connectivity index (χ1) is 8.31. The maximum atomic E-state index is 4.35. The van der Waals surface area contributed by atoms with Gasteiger partial charge in [0.05, 0.1) is 11.2 Å². The molecule has 0 spiro atoms. The van der Waals surface area contributed by atoms with E-state index in [2.05, 4.69) is 41.7 Å². The number of nitrogens with one attached hydrogen (secondary N) is 1. The van der Waals surface area contributed by atoms with E-state index in [0.717, 1.165) is 19.4 Å². The summed E-state index contributed by atoms with van der Waals surface area (Å²) in [6, 6.07) is 4.79. The van der Waals surface area contributed by atoms with Gasteiger partial charge < -0.3 is 5.32 Å². The molecular formula is C13H18N2S2. The Morgan fingerprint density at radius 1 is 1.41 bits per heavy atom. The van der Waals surface area contributed by atoms with Crippen molar-refractivity contribution < 1.29 is 0 Å². The zero-order valence-electron chi connectivity index (χ0n) is 10.3. The molecule has 2 aromatic rings. The third kappa shape index (κ3) is 3.37. The summed E-state index contributed by atoms with van der Waals surface area (Å²) < 4.78 is 0. The summed E-state index contributed by atoms with van der Waals surface area (Å²) >= 11 is 3.61. The minimum Gasteiger partial charge on any atom is -0.309 e. The Morgan fingerprint density at radius 2 is 2.29 bits per heavy atom. The molecule has 0 aliphatic carbocycles. The van der Waals surface area contributed by atoms with Gasteiger partial charge in [-0.15, -0.1) is 22.7 Å². The van der Waals surface area contributed by atoms with E-state index in [9.17, 15) is 0 Å². The van der Waals surface area contributed by atoms with Crippen LogP contribution >= 0.6 is 22.7 Å². The van der Waals surface area contributed by atoms with Crippen molar-refractivity contribution in [1.82, 2.24) is 10.3 Å². The van der Waals surface area contributed by atoms with Gasteiger partial charge in [0.15, 0.2) is 0 Å². The van der Waals surface area contributed by atoms with Crippen LogP contribution in [0.3, 0.4) is 0 Å². The van der Waals surface area contributed by atoms with E-state index in [1.165, 1.54) is 15.4 Å². The summed E-state index contributed by atoms with van der Waals surface area (Å²) in [6.45, 7) is 5.27. The fourth-order valence-electron chi connectivity index (χ4n) is 1.96. The molecule has 0 bridgehead atoms. The van der Waals surface area contributed by atoms with Crippen LogP contribution in [0.4, 0.5) is 0 Å². The van der Waals surface area contributed by atoms with Crippen LogP contribution in [0.15, 0.2) is 23.0 Å². The van der Waals surface area contributed by atoms with E-state index in [1.807, 2.05) is 16.8 Å². The molecule has 0 amide bonds. The van der Waals surface area contributed by atoms with Crippen LogP contribution in [-0.2, 0) is 6.42 Å². The van der Waals surface area contributed by atoms with Crippen LogP contribution in [0.1, 0.15) is 34.8 Å². The highest BCUT2D eigenvalue weighted by molar-refractivity contribution is 7.10. The molecule has 2 rings (SSSR count). The number of aromatic nitrogens is 1. The van der Waals surface area contributed by atoms with Crippen LogP contribution < -0.4 is 5.32 Å². The van der Waals surface area contributed by atoms with Crippen LogP contribution in [-0.4, -0.2) is 11.5 Å². The fourth-order valence-corrected chi connectivity index (χ4v) is 3.60. The number of thiazole rings is 1. The first-order valence-corrected chi connectivity index (χ1v) is 7.73. The molecule has 1 atom stereocenters. The molecule has 0 saturated carbocycles. The van der Waals surface area contributed by atoms with Crippen LogP contribution in [0.25, 0.3) is 0 Å². The molecule has 2 heterocycles. The Bertz CT molecular complexity index is 434. The maximum absolute atomic E-state index is 4.35. The second-order valence-corrected chi connectivity index (χ2v) is 5.95. The van der Waals surface area contributed by atoms with Crippen molar-refractivity contribution in [3.63, 3.8) is 0 Å². The quantitative estimate of drug-likeness (QED) is 0.860. The molecule has 0 radical (unpaired) electrons. The Hall–Kier alpha value is -0.710. The molecule has 0 fully saturated rings. The minimum absolute atomic E-state index is 0.453. The normalized spacial score (nSPS) is 12.8. The highest BCUT2D eigenvalue weighted by Gasteiger charge is 2.15. The van der Waals surface area contributed by atoms with Crippen molar-refractivity contribution in [2.24, 2.45) is 0 Å². The standard InChI is InChI=1S/C13H18N2S2/c1-3-14-12(13-10(2)15-9-17-13)7-6-11-5-4-8-16-11/h4-5,8-9,12,14H,3,6-7H2,1-2H3. The molecule has 2 aromatic heterocycles. The number of thiophene rings is 1. The molecule has 0 saturated heterocycles. The predicted molar refractivity (Wildman–Crippen MR) is 75.9 cm³/mol. The van der Waals surface area contributed by atoms with E-state index >= 15 is 0 Å². The van der Waals surface area contributed by atoms with Gasteiger partial charge in [0.25, 0.3) is 0 Å². The topological polar surface area (TPSA) is 24.9 Å². The highest BCUT2D eigenvalue weighted by Crippen LogP contribution is 2.26. The predicted octanol–water partition coefficient (Wildman–Crippen LogP) is 3.80. The van der Waals surface area contributed by atoms with Gasteiger partial charge in [-0.2, -0.15) is 0 Å². The average Bonchev–Trinajstić information content (AvgIpc) is 2.95. The summed E-state index contributed by atoms with van der Waals surface area (Å²) in [7, 11) is 0. The maximum Gasteiger partial charge on any atom is 0.0798 e. The van der Waals surface area contributed by atoms with E-state index in [-0.39, 0.29) is 0 Å².